The van der Waals surface area contributed by atoms with Crippen LogP contribution in [-0.2, 0) is 6.42 Å². The molecule has 1 nitrogen and oxygen atoms in total. The highest BCUT2D eigenvalue weighted by Gasteiger charge is 2.35. The summed E-state index contributed by atoms with van der Waals surface area (Å²) in [5, 5.41) is 10.8. The lowest BCUT2D eigenvalue weighted by atomic mass is 9.66. The molecule has 0 saturated heterocycles. The number of fused-ring (bicyclic) bond motifs is 1. The molecule has 3 rings (SSSR count). The largest absolute Gasteiger partial charge is 0.388 e. The van der Waals surface area contributed by atoms with Gasteiger partial charge in [-0.1, -0.05) is 56.9 Å². The number of hydrogen-bond acceptors (Lipinski definition) is 1. The molecular weight excluding hydrogens is 244 g/mol. The molecule has 20 heavy (non-hydrogen) atoms. The zero-order valence-electron chi connectivity index (χ0n) is 12.7. The van der Waals surface area contributed by atoms with Crippen molar-refractivity contribution in [2.24, 2.45) is 17.8 Å². The Morgan fingerprint density at radius 3 is 2.70 bits per heavy atom. The van der Waals surface area contributed by atoms with Crippen LogP contribution in [0.15, 0.2) is 24.3 Å². The second-order valence-corrected chi connectivity index (χ2v) is 6.92. The van der Waals surface area contributed by atoms with Gasteiger partial charge in [0.05, 0.1) is 6.10 Å². The molecule has 1 aromatic carbocycles. The minimum Gasteiger partial charge on any atom is -0.388 e. The number of aliphatic hydroxyl groups excluding tert-OH is 1. The summed E-state index contributed by atoms with van der Waals surface area (Å²) in [6.45, 7) is 2.18. The minimum absolute atomic E-state index is 0.246. The van der Waals surface area contributed by atoms with Gasteiger partial charge in [0.15, 0.2) is 0 Å². The fraction of sp³-hybridized carbons (Fsp3) is 0.684. The van der Waals surface area contributed by atoms with Crippen molar-refractivity contribution >= 4 is 0 Å². The summed E-state index contributed by atoms with van der Waals surface area (Å²) in [7, 11) is 0. The molecule has 4 unspecified atom stereocenters. The SMILES string of the molecule is CCc1cccc(C(O)C2CCC3CCCCC3C2)c1. The van der Waals surface area contributed by atoms with Crippen LogP contribution in [0.2, 0.25) is 0 Å². The van der Waals surface area contributed by atoms with Crippen molar-refractivity contribution in [1.29, 1.82) is 0 Å². The molecule has 0 spiro atoms. The molecule has 110 valence electrons. The van der Waals surface area contributed by atoms with Crippen molar-refractivity contribution in [3.05, 3.63) is 35.4 Å². The zero-order chi connectivity index (χ0) is 13.9. The smallest absolute Gasteiger partial charge is 0.0818 e. The molecule has 0 aromatic heterocycles. The molecular formula is C19H28O. The van der Waals surface area contributed by atoms with Gasteiger partial charge < -0.3 is 5.11 Å². The second-order valence-electron chi connectivity index (χ2n) is 6.92. The molecule has 0 radical (unpaired) electrons. The van der Waals surface area contributed by atoms with Crippen molar-refractivity contribution in [2.45, 2.75) is 64.4 Å². The Labute approximate surface area is 123 Å². The fourth-order valence-corrected chi connectivity index (χ4v) is 4.47. The van der Waals surface area contributed by atoms with Crippen LogP contribution >= 0.6 is 0 Å². The first-order valence-corrected chi connectivity index (χ1v) is 8.55. The zero-order valence-corrected chi connectivity index (χ0v) is 12.7. The van der Waals surface area contributed by atoms with Gasteiger partial charge in [0.1, 0.15) is 0 Å². The molecule has 1 N–H and O–H groups in total. The number of aryl methyl sites for hydroxylation is 1. The molecule has 0 aliphatic heterocycles. The monoisotopic (exact) mass is 272 g/mol. The third kappa shape index (κ3) is 2.93. The summed E-state index contributed by atoms with van der Waals surface area (Å²) in [6, 6.07) is 8.58. The van der Waals surface area contributed by atoms with E-state index in [0.717, 1.165) is 23.8 Å². The number of rotatable bonds is 3. The normalized spacial score (nSPS) is 31.6. The number of aliphatic hydroxyl groups is 1. The van der Waals surface area contributed by atoms with E-state index in [9.17, 15) is 5.11 Å². The van der Waals surface area contributed by atoms with Crippen LogP contribution in [0.5, 0.6) is 0 Å². The molecule has 4 atom stereocenters. The molecule has 2 aliphatic rings. The number of benzene rings is 1. The third-order valence-corrected chi connectivity index (χ3v) is 5.73. The molecule has 1 aromatic rings. The van der Waals surface area contributed by atoms with Crippen LogP contribution in [0, 0.1) is 17.8 Å². The van der Waals surface area contributed by atoms with Crippen molar-refractivity contribution in [1.82, 2.24) is 0 Å². The maximum absolute atomic E-state index is 10.8. The van der Waals surface area contributed by atoms with E-state index in [2.05, 4.69) is 31.2 Å². The Bertz CT molecular complexity index is 439. The Balaban J connectivity index is 1.69. The van der Waals surface area contributed by atoms with Crippen molar-refractivity contribution < 1.29 is 5.11 Å². The van der Waals surface area contributed by atoms with Gasteiger partial charge in [-0.2, -0.15) is 0 Å². The van der Waals surface area contributed by atoms with E-state index in [1.54, 1.807) is 0 Å². The number of hydrogen-bond donors (Lipinski definition) is 1. The van der Waals surface area contributed by atoms with E-state index in [1.807, 2.05) is 0 Å². The molecule has 1 heteroatoms. The highest BCUT2D eigenvalue weighted by atomic mass is 16.3. The fourth-order valence-electron chi connectivity index (χ4n) is 4.47. The molecule has 2 fully saturated rings. The predicted octanol–water partition coefficient (Wildman–Crippen LogP) is 4.89. The standard InChI is InChI=1S/C19H28O/c1-2-14-6-5-9-17(12-14)19(20)18-11-10-15-7-3-4-8-16(15)13-18/h5-6,9,12,15-16,18-20H,2-4,7-8,10-11,13H2,1H3. The van der Waals surface area contributed by atoms with Gasteiger partial charge in [0, 0.05) is 0 Å². The van der Waals surface area contributed by atoms with Gasteiger partial charge in [0.25, 0.3) is 0 Å². The van der Waals surface area contributed by atoms with Gasteiger partial charge >= 0.3 is 0 Å². The Morgan fingerprint density at radius 2 is 1.90 bits per heavy atom. The highest BCUT2D eigenvalue weighted by molar-refractivity contribution is 5.25. The molecule has 2 saturated carbocycles. The molecule has 0 bridgehead atoms. The lowest BCUT2D eigenvalue weighted by molar-refractivity contribution is 0.0349. The van der Waals surface area contributed by atoms with E-state index in [0.29, 0.717) is 5.92 Å². The van der Waals surface area contributed by atoms with Gasteiger partial charge in [0.2, 0.25) is 0 Å². The summed E-state index contributed by atoms with van der Waals surface area (Å²) < 4.78 is 0. The van der Waals surface area contributed by atoms with Crippen LogP contribution in [0.1, 0.15) is 69.1 Å². The topological polar surface area (TPSA) is 20.2 Å². The van der Waals surface area contributed by atoms with E-state index in [1.165, 1.54) is 50.5 Å². The molecule has 2 aliphatic carbocycles. The quantitative estimate of drug-likeness (QED) is 0.830. The summed E-state index contributed by atoms with van der Waals surface area (Å²) in [5.74, 6) is 2.35. The van der Waals surface area contributed by atoms with Gasteiger partial charge in [-0.3, -0.25) is 0 Å². The maximum atomic E-state index is 10.8. The highest BCUT2D eigenvalue weighted by Crippen LogP contribution is 2.46. The van der Waals surface area contributed by atoms with E-state index in [4.69, 9.17) is 0 Å². The van der Waals surface area contributed by atoms with Crippen molar-refractivity contribution in [3.63, 3.8) is 0 Å². The summed E-state index contributed by atoms with van der Waals surface area (Å²) in [4.78, 5) is 0. The van der Waals surface area contributed by atoms with Crippen LogP contribution in [0.4, 0.5) is 0 Å². The van der Waals surface area contributed by atoms with Crippen molar-refractivity contribution in [2.75, 3.05) is 0 Å². The van der Waals surface area contributed by atoms with Crippen LogP contribution in [0.25, 0.3) is 0 Å². The van der Waals surface area contributed by atoms with Crippen LogP contribution < -0.4 is 0 Å². The predicted molar refractivity (Wildman–Crippen MR) is 83.6 cm³/mol. The summed E-state index contributed by atoms with van der Waals surface area (Å²) in [6.07, 6.45) is 10.3. The average Bonchev–Trinajstić information content (AvgIpc) is 2.53. The maximum Gasteiger partial charge on any atom is 0.0818 e. The Kier molecular flexibility index (Phi) is 4.45. The van der Waals surface area contributed by atoms with E-state index < -0.39 is 0 Å². The third-order valence-electron chi connectivity index (χ3n) is 5.73. The van der Waals surface area contributed by atoms with E-state index >= 15 is 0 Å². The lowest BCUT2D eigenvalue weighted by Crippen LogP contribution is -2.30. The lowest BCUT2D eigenvalue weighted by Gasteiger charge is -2.41. The first-order chi connectivity index (χ1) is 9.78. The van der Waals surface area contributed by atoms with Gasteiger partial charge in [-0.25, -0.2) is 0 Å². The molecule has 0 amide bonds. The van der Waals surface area contributed by atoms with Crippen LogP contribution in [0.3, 0.4) is 0 Å². The molecule has 0 heterocycles. The van der Waals surface area contributed by atoms with Gasteiger partial charge in [-0.15, -0.1) is 0 Å². The second kappa shape index (κ2) is 6.30. The first kappa shape index (κ1) is 14.1. The Morgan fingerprint density at radius 1 is 1.10 bits per heavy atom. The van der Waals surface area contributed by atoms with Crippen molar-refractivity contribution in [3.8, 4) is 0 Å². The summed E-state index contributed by atoms with van der Waals surface area (Å²) in [5.41, 5.74) is 2.48. The minimum atomic E-state index is -0.246. The van der Waals surface area contributed by atoms with Crippen LogP contribution in [-0.4, -0.2) is 5.11 Å². The summed E-state index contributed by atoms with van der Waals surface area (Å²) >= 11 is 0. The van der Waals surface area contributed by atoms with Gasteiger partial charge in [-0.05, 0) is 54.6 Å². The first-order valence-electron chi connectivity index (χ1n) is 8.55. The average molecular weight is 272 g/mol. The van der Waals surface area contributed by atoms with E-state index in [-0.39, 0.29) is 6.10 Å². The Hall–Kier alpha value is -0.820.